The number of thiol groups is 1. The van der Waals surface area contributed by atoms with E-state index in [-0.39, 0.29) is 12.8 Å². The zero-order valence-corrected chi connectivity index (χ0v) is 9.80. The van der Waals surface area contributed by atoms with Crippen LogP contribution in [0.25, 0.3) is 0 Å². The molecule has 0 aromatic heterocycles. The topological polar surface area (TPSA) is 20.2 Å². The number of rotatable bonds is 6. The molecule has 104 valence electrons. The molecule has 0 spiro atoms. The minimum atomic E-state index is -5.70. The Kier molecular flexibility index (Phi) is 6.13. The number of alkyl halides is 6. The molecule has 0 aromatic carbocycles. The maximum absolute atomic E-state index is 12.2. The van der Waals surface area contributed by atoms with Crippen LogP contribution in [0.1, 0.15) is 32.1 Å². The molecule has 0 aromatic rings. The van der Waals surface area contributed by atoms with Crippen molar-refractivity contribution < 1.29 is 31.4 Å². The summed E-state index contributed by atoms with van der Waals surface area (Å²) in [6, 6.07) is 0. The SMILES string of the molecule is OC(CCCCCCS)(C(F)(F)F)C(F)(F)F. The Bertz CT molecular complexity index is 211. The van der Waals surface area contributed by atoms with Crippen molar-refractivity contribution in [3.05, 3.63) is 0 Å². The number of unbranched alkanes of at least 4 members (excludes halogenated alkanes) is 3. The second-order valence-corrected chi connectivity index (χ2v) is 4.19. The fourth-order valence-corrected chi connectivity index (χ4v) is 1.51. The number of hydrogen-bond donors (Lipinski definition) is 2. The predicted molar refractivity (Wildman–Crippen MR) is 54.0 cm³/mol. The fourth-order valence-electron chi connectivity index (χ4n) is 1.29. The van der Waals surface area contributed by atoms with Gasteiger partial charge in [-0.2, -0.15) is 39.0 Å². The average molecular weight is 284 g/mol. The summed E-state index contributed by atoms with van der Waals surface area (Å²) in [7, 11) is 0. The molecule has 0 heterocycles. The van der Waals surface area contributed by atoms with Crippen molar-refractivity contribution in [2.45, 2.75) is 50.1 Å². The highest BCUT2D eigenvalue weighted by Gasteiger charge is 2.69. The highest BCUT2D eigenvalue weighted by atomic mass is 32.1. The lowest BCUT2D eigenvalue weighted by Gasteiger charge is -2.32. The van der Waals surface area contributed by atoms with Crippen LogP contribution in [0, 0.1) is 0 Å². The van der Waals surface area contributed by atoms with Gasteiger partial charge in [0.25, 0.3) is 5.60 Å². The van der Waals surface area contributed by atoms with Crippen molar-refractivity contribution in [1.29, 1.82) is 0 Å². The lowest BCUT2D eigenvalue weighted by Crippen LogP contribution is -2.56. The first kappa shape index (κ1) is 16.9. The molecule has 0 radical (unpaired) electrons. The Morgan fingerprint density at radius 1 is 0.765 bits per heavy atom. The lowest BCUT2D eigenvalue weighted by molar-refractivity contribution is -0.370. The van der Waals surface area contributed by atoms with E-state index >= 15 is 0 Å². The van der Waals surface area contributed by atoms with E-state index in [2.05, 4.69) is 12.6 Å². The molecule has 0 saturated heterocycles. The van der Waals surface area contributed by atoms with E-state index in [0.29, 0.717) is 18.6 Å². The van der Waals surface area contributed by atoms with Crippen LogP contribution in [-0.2, 0) is 0 Å². The van der Waals surface area contributed by atoms with Gasteiger partial charge in [-0.05, 0) is 25.0 Å². The third-order valence-electron chi connectivity index (χ3n) is 2.38. The first-order chi connectivity index (χ1) is 7.56. The Hall–Kier alpha value is -0.110. The van der Waals surface area contributed by atoms with Gasteiger partial charge < -0.3 is 5.11 Å². The first-order valence-corrected chi connectivity index (χ1v) is 5.66. The monoisotopic (exact) mass is 284 g/mol. The van der Waals surface area contributed by atoms with Crippen LogP contribution in [0.5, 0.6) is 0 Å². The fraction of sp³-hybridized carbons (Fsp3) is 1.00. The van der Waals surface area contributed by atoms with Gasteiger partial charge in [0.15, 0.2) is 0 Å². The highest BCUT2D eigenvalue weighted by molar-refractivity contribution is 7.80. The van der Waals surface area contributed by atoms with Gasteiger partial charge in [0.1, 0.15) is 0 Å². The summed E-state index contributed by atoms with van der Waals surface area (Å²) >= 11 is 3.86. The Balaban J connectivity index is 4.44. The third kappa shape index (κ3) is 4.57. The quantitative estimate of drug-likeness (QED) is 0.433. The van der Waals surface area contributed by atoms with Crippen molar-refractivity contribution in [2.24, 2.45) is 0 Å². The maximum Gasteiger partial charge on any atom is 0.426 e. The van der Waals surface area contributed by atoms with Crippen LogP contribution >= 0.6 is 12.6 Å². The van der Waals surface area contributed by atoms with Crippen molar-refractivity contribution >= 4 is 12.6 Å². The second-order valence-electron chi connectivity index (χ2n) is 3.74. The molecular formula is C9H14F6OS. The normalized spacial score (nSPS) is 14.1. The Morgan fingerprint density at radius 3 is 1.53 bits per heavy atom. The molecule has 1 N–H and O–H groups in total. The molecule has 0 bridgehead atoms. The molecule has 0 aliphatic carbocycles. The lowest BCUT2D eigenvalue weighted by atomic mass is 9.94. The summed E-state index contributed by atoms with van der Waals surface area (Å²) in [5, 5.41) is 8.78. The van der Waals surface area contributed by atoms with E-state index < -0.39 is 24.4 Å². The van der Waals surface area contributed by atoms with E-state index in [1.54, 1.807) is 0 Å². The summed E-state index contributed by atoms with van der Waals surface area (Å²) < 4.78 is 73.2. The van der Waals surface area contributed by atoms with Crippen molar-refractivity contribution in [2.75, 3.05) is 5.75 Å². The number of aliphatic hydroxyl groups is 1. The van der Waals surface area contributed by atoms with Crippen LogP contribution in [0.4, 0.5) is 26.3 Å². The smallest absolute Gasteiger partial charge is 0.374 e. The molecule has 0 fully saturated rings. The van der Waals surface area contributed by atoms with E-state index in [1.165, 1.54) is 0 Å². The summed E-state index contributed by atoms with van der Waals surface area (Å²) in [6.07, 6.45) is -11.8. The van der Waals surface area contributed by atoms with E-state index in [4.69, 9.17) is 5.11 Å². The summed E-state index contributed by atoms with van der Waals surface area (Å²) in [6.45, 7) is 0. The molecule has 0 atom stereocenters. The summed E-state index contributed by atoms with van der Waals surface area (Å²) in [5.74, 6) is 0.531. The molecule has 0 saturated carbocycles. The van der Waals surface area contributed by atoms with Crippen molar-refractivity contribution in [3.63, 3.8) is 0 Å². The van der Waals surface area contributed by atoms with Gasteiger partial charge in [0.2, 0.25) is 0 Å². The van der Waals surface area contributed by atoms with Crippen LogP contribution in [0.3, 0.4) is 0 Å². The van der Waals surface area contributed by atoms with Gasteiger partial charge in [0, 0.05) is 0 Å². The molecule has 1 nitrogen and oxygen atoms in total. The van der Waals surface area contributed by atoms with Crippen LogP contribution < -0.4 is 0 Å². The zero-order valence-electron chi connectivity index (χ0n) is 8.90. The highest BCUT2D eigenvalue weighted by Crippen LogP contribution is 2.46. The Morgan fingerprint density at radius 2 is 1.18 bits per heavy atom. The van der Waals surface area contributed by atoms with Gasteiger partial charge in [0.05, 0.1) is 0 Å². The van der Waals surface area contributed by atoms with Gasteiger partial charge in [-0.15, -0.1) is 0 Å². The van der Waals surface area contributed by atoms with E-state index in [0.717, 1.165) is 0 Å². The summed E-state index contributed by atoms with van der Waals surface area (Å²) in [5.41, 5.74) is -4.60. The average Bonchev–Trinajstić information content (AvgIpc) is 2.13. The van der Waals surface area contributed by atoms with Gasteiger partial charge in [-0.3, -0.25) is 0 Å². The van der Waals surface area contributed by atoms with Crippen LogP contribution in [0.2, 0.25) is 0 Å². The molecular weight excluding hydrogens is 270 g/mol. The zero-order chi connectivity index (χ0) is 13.7. The van der Waals surface area contributed by atoms with E-state index in [1.807, 2.05) is 0 Å². The third-order valence-corrected chi connectivity index (χ3v) is 2.70. The molecule has 0 rings (SSSR count). The largest absolute Gasteiger partial charge is 0.426 e. The van der Waals surface area contributed by atoms with Gasteiger partial charge >= 0.3 is 12.4 Å². The predicted octanol–water partition coefficient (Wildman–Crippen LogP) is 3.72. The van der Waals surface area contributed by atoms with Gasteiger partial charge in [-0.1, -0.05) is 12.8 Å². The van der Waals surface area contributed by atoms with Crippen LogP contribution in [-0.4, -0.2) is 28.8 Å². The minimum Gasteiger partial charge on any atom is -0.374 e. The standard InChI is InChI=1S/C9H14F6OS/c10-8(11,12)7(16,9(13,14)15)5-3-1-2-4-6-17/h16-17H,1-6H2. The maximum atomic E-state index is 12.2. The second kappa shape index (κ2) is 6.17. The van der Waals surface area contributed by atoms with Crippen LogP contribution in [0.15, 0.2) is 0 Å². The molecule has 0 aliphatic heterocycles. The van der Waals surface area contributed by atoms with Gasteiger partial charge in [-0.25, -0.2) is 0 Å². The molecule has 0 aliphatic rings. The molecule has 0 amide bonds. The molecule has 0 unspecified atom stereocenters. The molecule has 8 heteroatoms. The van der Waals surface area contributed by atoms with E-state index in [9.17, 15) is 26.3 Å². The summed E-state index contributed by atoms with van der Waals surface area (Å²) in [4.78, 5) is 0. The minimum absolute atomic E-state index is 0.203. The van der Waals surface area contributed by atoms with Crippen molar-refractivity contribution in [3.8, 4) is 0 Å². The Labute approximate surface area is 101 Å². The first-order valence-electron chi connectivity index (χ1n) is 5.03. The number of halogens is 6. The molecule has 17 heavy (non-hydrogen) atoms. The van der Waals surface area contributed by atoms with Crippen molar-refractivity contribution in [1.82, 2.24) is 0 Å². The number of hydrogen-bond acceptors (Lipinski definition) is 2.